The highest BCUT2D eigenvalue weighted by molar-refractivity contribution is 6.87. The molecule has 0 bridgehead atoms. The summed E-state index contributed by atoms with van der Waals surface area (Å²) in [5.41, 5.74) is 0. The van der Waals surface area contributed by atoms with Crippen LogP contribution in [0.1, 0.15) is 20.8 Å². The molecular formula is C16H20OSi. The van der Waals surface area contributed by atoms with Crippen molar-refractivity contribution in [2.24, 2.45) is 0 Å². The van der Waals surface area contributed by atoms with Gasteiger partial charge in [0.25, 0.3) is 0 Å². The van der Waals surface area contributed by atoms with Gasteiger partial charge in [0.2, 0.25) is 0 Å². The van der Waals surface area contributed by atoms with Crippen LogP contribution in [-0.2, 0) is 5.48 Å². The summed E-state index contributed by atoms with van der Waals surface area (Å²) in [4.78, 5) is 0. The molecule has 0 spiro atoms. The van der Waals surface area contributed by atoms with Crippen molar-refractivity contribution >= 4 is 19.2 Å². The van der Waals surface area contributed by atoms with Crippen molar-refractivity contribution in [1.82, 2.24) is 0 Å². The molecule has 1 nitrogen and oxygen atoms in total. The first-order chi connectivity index (χ1) is 8.09. The van der Waals surface area contributed by atoms with Crippen molar-refractivity contribution in [2.75, 3.05) is 0 Å². The van der Waals surface area contributed by atoms with Crippen LogP contribution >= 0.6 is 0 Å². The third-order valence-corrected chi connectivity index (χ3v) is 6.97. The minimum atomic E-state index is -1.14. The lowest BCUT2D eigenvalue weighted by molar-refractivity contribution is 0.686. The molecule has 2 aromatic carbocycles. The highest BCUT2D eigenvalue weighted by Gasteiger charge is 2.29. The van der Waals surface area contributed by atoms with E-state index in [1.54, 1.807) is 0 Å². The Morgan fingerprint density at radius 3 is 1.28 bits per heavy atom. The van der Waals surface area contributed by atoms with Gasteiger partial charge in [-0.25, -0.2) is 0 Å². The fourth-order valence-electron chi connectivity index (χ4n) is 2.48. The van der Waals surface area contributed by atoms with Crippen LogP contribution in [0.2, 0.25) is 5.04 Å². The van der Waals surface area contributed by atoms with Gasteiger partial charge in [-0.15, -0.1) is 0 Å². The SMILES string of the molecule is CC(C)(C)[SiH](c1ccccc1)c1ccccc1.[O]. The third-order valence-electron chi connectivity index (χ3n) is 3.13. The second-order valence-corrected chi connectivity index (χ2v) is 9.55. The van der Waals surface area contributed by atoms with Crippen molar-refractivity contribution in [3.05, 3.63) is 60.7 Å². The Kier molecular flexibility index (Phi) is 4.88. The van der Waals surface area contributed by atoms with Gasteiger partial charge in [-0.3, -0.25) is 0 Å². The molecule has 0 saturated carbocycles. The van der Waals surface area contributed by atoms with Gasteiger partial charge in [0.1, 0.15) is 8.80 Å². The molecule has 0 aromatic heterocycles. The molecule has 0 heterocycles. The Labute approximate surface area is 111 Å². The Balaban J connectivity index is 0.00000162. The van der Waals surface area contributed by atoms with Crippen LogP contribution in [0.15, 0.2) is 60.7 Å². The van der Waals surface area contributed by atoms with Gasteiger partial charge in [-0.1, -0.05) is 91.8 Å². The predicted octanol–water partition coefficient (Wildman–Crippen LogP) is 2.71. The molecule has 2 rings (SSSR count). The van der Waals surface area contributed by atoms with Crippen molar-refractivity contribution in [3.8, 4) is 0 Å². The lowest BCUT2D eigenvalue weighted by Crippen LogP contribution is -2.48. The summed E-state index contributed by atoms with van der Waals surface area (Å²) in [7, 11) is -1.14. The smallest absolute Gasteiger partial charge is 0.0629 e. The second-order valence-electron chi connectivity index (χ2n) is 5.62. The summed E-state index contributed by atoms with van der Waals surface area (Å²) in [5, 5.41) is 3.43. The fraction of sp³-hybridized carbons (Fsp3) is 0.250. The van der Waals surface area contributed by atoms with Crippen LogP contribution in [0, 0.1) is 0 Å². The van der Waals surface area contributed by atoms with Gasteiger partial charge in [-0.05, 0) is 5.04 Å². The van der Waals surface area contributed by atoms with Crippen molar-refractivity contribution < 1.29 is 5.48 Å². The molecule has 0 atom stereocenters. The first-order valence-corrected chi connectivity index (χ1v) is 7.92. The maximum atomic E-state index is 2.36. The molecule has 0 amide bonds. The summed E-state index contributed by atoms with van der Waals surface area (Å²) >= 11 is 0. The Morgan fingerprint density at radius 1 is 0.667 bits per heavy atom. The molecule has 18 heavy (non-hydrogen) atoms. The third kappa shape index (κ3) is 3.31. The molecule has 0 aliphatic rings. The number of rotatable bonds is 2. The Morgan fingerprint density at radius 2 is 1.00 bits per heavy atom. The molecule has 94 valence electrons. The van der Waals surface area contributed by atoms with Gasteiger partial charge in [-0.2, -0.15) is 0 Å². The lowest BCUT2D eigenvalue weighted by Gasteiger charge is -2.30. The molecule has 0 N–H and O–H groups in total. The van der Waals surface area contributed by atoms with E-state index in [0.29, 0.717) is 5.04 Å². The van der Waals surface area contributed by atoms with E-state index in [-0.39, 0.29) is 5.48 Å². The molecule has 0 aliphatic carbocycles. The first kappa shape index (κ1) is 14.7. The summed E-state index contributed by atoms with van der Waals surface area (Å²) in [6.07, 6.45) is 0. The highest BCUT2D eigenvalue weighted by atomic mass is 28.3. The van der Waals surface area contributed by atoms with E-state index in [1.165, 1.54) is 10.4 Å². The van der Waals surface area contributed by atoms with Gasteiger partial charge < -0.3 is 0 Å². The average Bonchev–Trinajstić information content (AvgIpc) is 2.30. The van der Waals surface area contributed by atoms with Crippen molar-refractivity contribution in [2.45, 2.75) is 25.8 Å². The van der Waals surface area contributed by atoms with Gasteiger partial charge >= 0.3 is 0 Å². The lowest BCUT2D eigenvalue weighted by atomic mass is 10.2. The molecule has 0 unspecified atom stereocenters. The van der Waals surface area contributed by atoms with Crippen LogP contribution < -0.4 is 10.4 Å². The molecular weight excluding hydrogens is 236 g/mol. The number of hydrogen-bond acceptors (Lipinski definition) is 0. The monoisotopic (exact) mass is 256 g/mol. The van der Waals surface area contributed by atoms with E-state index in [2.05, 4.69) is 81.4 Å². The van der Waals surface area contributed by atoms with Gasteiger partial charge in [0.05, 0.1) is 0 Å². The topological polar surface area (TPSA) is 28.5 Å². The molecule has 0 aliphatic heterocycles. The Hall–Kier alpha value is -1.38. The normalized spacial score (nSPS) is 11.1. The molecule has 2 heteroatoms. The number of benzene rings is 2. The number of hydrogen-bond donors (Lipinski definition) is 0. The van der Waals surface area contributed by atoms with E-state index in [9.17, 15) is 0 Å². The van der Waals surface area contributed by atoms with Crippen LogP contribution in [0.5, 0.6) is 0 Å². The van der Waals surface area contributed by atoms with Crippen molar-refractivity contribution in [1.29, 1.82) is 0 Å². The van der Waals surface area contributed by atoms with E-state index in [1.807, 2.05) is 0 Å². The molecule has 0 fully saturated rings. The van der Waals surface area contributed by atoms with Crippen LogP contribution in [0.4, 0.5) is 0 Å². The van der Waals surface area contributed by atoms with Gasteiger partial charge in [0.15, 0.2) is 0 Å². The minimum Gasteiger partial charge on any atom is -0.0629 e. The quantitative estimate of drug-likeness (QED) is 0.739. The maximum Gasteiger partial charge on any atom is 0.108 e. The predicted molar refractivity (Wildman–Crippen MR) is 79.7 cm³/mol. The van der Waals surface area contributed by atoms with E-state index in [4.69, 9.17) is 0 Å². The first-order valence-electron chi connectivity index (χ1n) is 6.19. The summed E-state index contributed by atoms with van der Waals surface area (Å²) in [6.45, 7) is 7.09. The molecule has 0 saturated heterocycles. The summed E-state index contributed by atoms with van der Waals surface area (Å²) in [5.74, 6) is 0. The standard InChI is InChI=1S/C16H20Si.O/c1-16(2,3)17(14-10-6-4-7-11-14)15-12-8-5-9-13-15;/h4-13,17H,1-3H3;. The zero-order valence-corrected chi connectivity index (χ0v) is 12.4. The van der Waals surface area contributed by atoms with E-state index >= 15 is 0 Å². The largest absolute Gasteiger partial charge is 0.108 e. The van der Waals surface area contributed by atoms with Crippen LogP contribution in [0.25, 0.3) is 0 Å². The highest BCUT2D eigenvalue weighted by Crippen LogP contribution is 2.26. The summed E-state index contributed by atoms with van der Waals surface area (Å²) in [6, 6.07) is 22.0. The minimum absolute atomic E-state index is 0. The van der Waals surface area contributed by atoms with Gasteiger partial charge in [0, 0.05) is 5.48 Å². The Bertz CT molecular complexity index is 420. The van der Waals surface area contributed by atoms with Crippen LogP contribution in [-0.4, -0.2) is 8.80 Å². The maximum absolute atomic E-state index is 2.36. The van der Waals surface area contributed by atoms with Crippen LogP contribution in [0.3, 0.4) is 0 Å². The second kappa shape index (κ2) is 5.98. The van der Waals surface area contributed by atoms with Crippen molar-refractivity contribution in [3.63, 3.8) is 0 Å². The summed E-state index contributed by atoms with van der Waals surface area (Å²) < 4.78 is 0. The molecule has 2 radical (unpaired) electrons. The fourth-order valence-corrected chi connectivity index (χ4v) is 6.08. The zero-order chi connectivity index (χ0) is 12.3. The van der Waals surface area contributed by atoms with E-state index in [0.717, 1.165) is 0 Å². The average molecular weight is 256 g/mol. The zero-order valence-electron chi connectivity index (χ0n) is 11.3. The van der Waals surface area contributed by atoms with E-state index < -0.39 is 8.80 Å². The molecule has 2 aromatic rings.